The second kappa shape index (κ2) is 8.72. The third-order valence-corrected chi connectivity index (χ3v) is 4.91. The van der Waals surface area contributed by atoms with E-state index in [1.165, 1.54) is 13.0 Å². The van der Waals surface area contributed by atoms with E-state index < -0.39 is 37.1 Å². The first-order valence-corrected chi connectivity index (χ1v) is 9.36. The summed E-state index contributed by atoms with van der Waals surface area (Å²) in [5.41, 5.74) is -0.404. The van der Waals surface area contributed by atoms with Crippen LogP contribution in [0.1, 0.15) is 50.0 Å². The van der Waals surface area contributed by atoms with Crippen LogP contribution < -0.4 is 4.65 Å². The number of hydrogen-bond acceptors (Lipinski definition) is 7. The van der Waals surface area contributed by atoms with Crippen molar-refractivity contribution >= 4 is 48.0 Å². The van der Waals surface area contributed by atoms with Crippen molar-refractivity contribution in [1.29, 1.82) is 0 Å². The van der Waals surface area contributed by atoms with Crippen LogP contribution in [0.2, 0.25) is 15.9 Å². The Balaban J connectivity index is 2.23. The minimum Gasteiger partial charge on any atom is -0.535 e. The third kappa shape index (κ3) is 5.18. The van der Waals surface area contributed by atoms with Gasteiger partial charge in [0.15, 0.2) is 0 Å². The van der Waals surface area contributed by atoms with Gasteiger partial charge < -0.3 is 23.9 Å². The number of rotatable bonds is 5. The lowest BCUT2D eigenvalue weighted by molar-refractivity contribution is -0.161. The summed E-state index contributed by atoms with van der Waals surface area (Å²) in [4.78, 5) is 35.7. The van der Waals surface area contributed by atoms with Crippen molar-refractivity contribution in [2.75, 3.05) is 6.79 Å². The van der Waals surface area contributed by atoms with Gasteiger partial charge in [0.1, 0.15) is 17.1 Å². The Kier molecular flexibility index (Phi) is 7.01. The fourth-order valence-corrected chi connectivity index (χ4v) is 3.14. The van der Waals surface area contributed by atoms with Gasteiger partial charge in [0, 0.05) is 12.2 Å². The monoisotopic (exact) mass is 430 g/mol. The SMILES string of the molecule is CC(=O)C[C@H]1Cc2cc(Cl)c(Cl)c(C(=O)OCOC(=O)C(C)(C)C)c2OB1O. The normalized spacial score (nSPS) is 16.1. The van der Waals surface area contributed by atoms with Gasteiger partial charge in [0.25, 0.3) is 0 Å². The van der Waals surface area contributed by atoms with Crippen molar-refractivity contribution in [3.05, 3.63) is 27.2 Å². The third-order valence-electron chi connectivity index (χ3n) is 4.12. The van der Waals surface area contributed by atoms with E-state index in [1.54, 1.807) is 20.8 Å². The molecule has 0 spiro atoms. The molecular weight excluding hydrogens is 410 g/mol. The van der Waals surface area contributed by atoms with Gasteiger partial charge in [-0.2, -0.15) is 0 Å². The Morgan fingerprint density at radius 2 is 1.93 bits per heavy atom. The van der Waals surface area contributed by atoms with Crippen molar-refractivity contribution in [3.63, 3.8) is 0 Å². The summed E-state index contributed by atoms with van der Waals surface area (Å²) in [6.07, 6.45) is 0.385. The fourth-order valence-electron chi connectivity index (χ4n) is 2.70. The molecule has 1 aromatic rings. The average molecular weight is 431 g/mol. The Morgan fingerprint density at radius 3 is 2.50 bits per heavy atom. The first-order chi connectivity index (χ1) is 12.9. The molecule has 0 unspecified atom stereocenters. The van der Waals surface area contributed by atoms with E-state index in [1.807, 2.05) is 0 Å². The number of carbonyl (C=O) groups is 3. The van der Waals surface area contributed by atoms with Crippen LogP contribution in [0, 0.1) is 5.41 Å². The lowest BCUT2D eigenvalue weighted by Gasteiger charge is -2.28. The van der Waals surface area contributed by atoms with Crippen molar-refractivity contribution in [1.82, 2.24) is 0 Å². The summed E-state index contributed by atoms with van der Waals surface area (Å²) < 4.78 is 15.4. The molecule has 0 aliphatic carbocycles. The quantitative estimate of drug-likeness (QED) is 0.433. The molecule has 0 aromatic heterocycles. The highest BCUT2D eigenvalue weighted by Crippen LogP contribution is 2.42. The van der Waals surface area contributed by atoms with Gasteiger partial charge in [-0.1, -0.05) is 23.2 Å². The molecule has 1 heterocycles. The van der Waals surface area contributed by atoms with Crippen LogP contribution in [0.4, 0.5) is 0 Å². The second-order valence-corrected chi connectivity index (χ2v) is 8.43. The average Bonchev–Trinajstić information content (AvgIpc) is 2.56. The van der Waals surface area contributed by atoms with Crippen molar-refractivity contribution in [3.8, 4) is 5.75 Å². The molecule has 7 nitrogen and oxygen atoms in total. The summed E-state index contributed by atoms with van der Waals surface area (Å²) in [6.45, 7) is 5.79. The molecule has 1 aliphatic heterocycles. The number of ether oxygens (including phenoxy) is 2. The zero-order chi connectivity index (χ0) is 21.2. The number of halogens is 2. The van der Waals surface area contributed by atoms with Crippen LogP contribution in [0.25, 0.3) is 0 Å². The molecule has 152 valence electrons. The molecule has 0 amide bonds. The zero-order valence-corrected chi connectivity index (χ0v) is 17.5. The highest BCUT2D eigenvalue weighted by atomic mass is 35.5. The summed E-state index contributed by atoms with van der Waals surface area (Å²) in [5, 5.41) is 10.2. The number of hydrogen-bond donors (Lipinski definition) is 1. The summed E-state index contributed by atoms with van der Waals surface area (Å²) >= 11 is 12.3. The second-order valence-electron chi connectivity index (χ2n) is 7.65. The van der Waals surface area contributed by atoms with Gasteiger partial charge in [0.05, 0.1) is 15.5 Å². The summed E-state index contributed by atoms with van der Waals surface area (Å²) in [5.74, 6) is -2.00. The predicted octanol–water partition coefficient (Wildman–Crippen LogP) is 3.46. The Labute approximate surface area is 173 Å². The van der Waals surface area contributed by atoms with Crippen molar-refractivity contribution < 1.29 is 33.5 Å². The van der Waals surface area contributed by atoms with Crippen molar-refractivity contribution in [2.24, 2.45) is 5.41 Å². The molecule has 1 aliphatic rings. The molecule has 1 aromatic carbocycles. The molecule has 10 heteroatoms. The van der Waals surface area contributed by atoms with E-state index in [4.69, 9.17) is 37.3 Å². The Hall–Kier alpha value is -1.77. The van der Waals surface area contributed by atoms with E-state index in [9.17, 15) is 19.4 Å². The van der Waals surface area contributed by atoms with Crippen LogP contribution in [0.15, 0.2) is 6.07 Å². The number of fused-ring (bicyclic) bond motifs is 1. The Bertz CT molecular complexity index is 804. The van der Waals surface area contributed by atoms with E-state index in [0.717, 1.165) is 0 Å². The minimum atomic E-state index is -1.29. The number of ketones is 1. The van der Waals surface area contributed by atoms with E-state index >= 15 is 0 Å². The molecule has 2 rings (SSSR count). The van der Waals surface area contributed by atoms with Gasteiger partial charge in [-0.05, 0) is 45.7 Å². The van der Waals surface area contributed by atoms with Gasteiger partial charge >= 0.3 is 19.1 Å². The summed E-state index contributed by atoms with van der Waals surface area (Å²) in [7, 11) is -1.29. The highest BCUT2D eigenvalue weighted by Gasteiger charge is 2.39. The fraction of sp³-hybridized carbons (Fsp3) is 0.500. The lowest BCUT2D eigenvalue weighted by Crippen LogP contribution is -2.36. The van der Waals surface area contributed by atoms with E-state index in [-0.39, 0.29) is 40.0 Å². The molecule has 0 saturated carbocycles. The molecule has 1 N–H and O–H groups in total. The van der Waals surface area contributed by atoms with Gasteiger partial charge in [-0.3, -0.25) is 4.79 Å². The van der Waals surface area contributed by atoms with Crippen molar-refractivity contribution in [2.45, 2.75) is 46.4 Å². The smallest absolute Gasteiger partial charge is 0.526 e. The largest absolute Gasteiger partial charge is 0.535 e. The van der Waals surface area contributed by atoms with Crippen LogP contribution >= 0.6 is 23.2 Å². The molecule has 0 fully saturated rings. The van der Waals surface area contributed by atoms with Gasteiger partial charge in [-0.25, -0.2) is 4.79 Å². The van der Waals surface area contributed by atoms with Crippen LogP contribution in [-0.2, 0) is 25.5 Å². The topological polar surface area (TPSA) is 99.1 Å². The molecule has 1 atom stereocenters. The standard InChI is InChI=1S/C18H21BCl2O7/c1-9(22)5-11-6-10-7-12(20)14(21)13(15(10)28-19(11)25)16(23)26-8-27-17(24)18(2,3)4/h7,11,25H,5-6,8H2,1-4H3/t11-/m0/s1. The highest BCUT2D eigenvalue weighted by molar-refractivity contribution is 6.48. The number of carbonyl (C=O) groups excluding carboxylic acids is 3. The molecule has 0 bridgehead atoms. The maximum atomic E-state index is 12.5. The predicted molar refractivity (Wildman–Crippen MR) is 104 cm³/mol. The zero-order valence-electron chi connectivity index (χ0n) is 16.0. The van der Waals surface area contributed by atoms with Crippen LogP contribution in [0.5, 0.6) is 5.75 Å². The van der Waals surface area contributed by atoms with E-state index in [0.29, 0.717) is 5.56 Å². The molecular formula is C18H21BCl2O7. The molecule has 0 radical (unpaired) electrons. The molecule has 28 heavy (non-hydrogen) atoms. The number of esters is 2. The number of benzene rings is 1. The van der Waals surface area contributed by atoms with Gasteiger partial charge in [0.2, 0.25) is 6.79 Å². The first kappa shape index (κ1) is 22.5. The lowest BCUT2D eigenvalue weighted by atomic mass is 9.64. The van der Waals surface area contributed by atoms with Crippen LogP contribution in [0.3, 0.4) is 0 Å². The van der Waals surface area contributed by atoms with Gasteiger partial charge in [-0.15, -0.1) is 0 Å². The van der Waals surface area contributed by atoms with Crippen LogP contribution in [-0.4, -0.2) is 36.7 Å². The molecule has 0 saturated heterocycles. The number of Topliss-reactive ketones (excluding diaryl/α,β-unsaturated/α-hetero) is 1. The first-order valence-electron chi connectivity index (χ1n) is 8.61. The maximum absolute atomic E-state index is 12.5. The maximum Gasteiger partial charge on any atom is 0.526 e. The van der Waals surface area contributed by atoms with E-state index in [2.05, 4.69) is 0 Å². The summed E-state index contributed by atoms with van der Waals surface area (Å²) in [6, 6.07) is 1.52. The minimum absolute atomic E-state index is 0.0360. The Morgan fingerprint density at radius 1 is 1.29 bits per heavy atom.